The highest BCUT2D eigenvalue weighted by molar-refractivity contribution is 7.89. The van der Waals surface area contributed by atoms with Gasteiger partial charge in [0.05, 0.1) is 29.4 Å². The Labute approximate surface area is 156 Å². The minimum atomic E-state index is -3.97. The molecule has 0 unspecified atom stereocenters. The van der Waals surface area contributed by atoms with Crippen LogP contribution in [-0.4, -0.2) is 40.7 Å². The monoisotopic (exact) mass is 394 g/mol. The van der Waals surface area contributed by atoms with Gasteiger partial charge in [0, 0.05) is 13.1 Å². The molecule has 1 aliphatic rings. The average Bonchev–Trinajstić information content (AvgIpc) is 2.67. The number of carbonyl (C=O) groups is 1. The lowest BCUT2D eigenvalue weighted by Crippen LogP contribution is -2.37. The predicted molar refractivity (Wildman–Crippen MR) is 96.4 cm³/mol. The van der Waals surface area contributed by atoms with Gasteiger partial charge in [0.15, 0.2) is 0 Å². The Morgan fingerprint density at radius 2 is 1.81 bits per heavy atom. The van der Waals surface area contributed by atoms with Crippen LogP contribution in [0.15, 0.2) is 47.4 Å². The number of esters is 1. The van der Waals surface area contributed by atoms with Gasteiger partial charge in [-0.15, -0.1) is 0 Å². The minimum absolute atomic E-state index is 0.0682. The molecule has 1 aliphatic heterocycles. The third kappa shape index (κ3) is 4.82. The first kappa shape index (κ1) is 19.3. The van der Waals surface area contributed by atoms with Gasteiger partial charge in [-0.3, -0.25) is 0 Å². The van der Waals surface area contributed by atoms with Crippen LogP contribution in [0.1, 0.15) is 15.9 Å². The lowest BCUT2D eigenvalue weighted by Gasteiger charge is -2.30. The molecular weight excluding hydrogens is 375 g/mol. The summed E-state index contributed by atoms with van der Waals surface area (Å²) < 4.78 is 46.9. The van der Waals surface area contributed by atoms with Crippen molar-refractivity contribution in [2.24, 2.45) is 5.14 Å². The Hall–Kier alpha value is -2.49. The number of ether oxygens (including phenoxy) is 2. The van der Waals surface area contributed by atoms with Crippen LogP contribution in [0.25, 0.3) is 0 Å². The molecule has 2 aromatic carbocycles. The molecule has 2 aromatic rings. The van der Waals surface area contributed by atoms with Crippen molar-refractivity contribution in [1.29, 1.82) is 0 Å². The summed E-state index contributed by atoms with van der Waals surface area (Å²) in [5.41, 5.74) is 1.26. The molecule has 1 heterocycles. The van der Waals surface area contributed by atoms with Gasteiger partial charge in [0.2, 0.25) is 10.0 Å². The van der Waals surface area contributed by atoms with Gasteiger partial charge in [-0.1, -0.05) is 12.1 Å². The van der Waals surface area contributed by atoms with E-state index in [-0.39, 0.29) is 22.9 Å². The van der Waals surface area contributed by atoms with E-state index in [0.717, 1.165) is 0 Å². The van der Waals surface area contributed by atoms with Crippen LogP contribution in [-0.2, 0) is 26.1 Å². The average molecular weight is 394 g/mol. The molecule has 0 spiro atoms. The van der Waals surface area contributed by atoms with E-state index in [1.54, 1.807) is 6.07 Å². The predicted octanol–water partition coefficient (Wildman–Crippen LogP) is 1.67. The molecule has 0 atom stereocenters. The number of nitrogens with zero attached hydrogens (tertiary/aromatic N) is 1. The van der Waals surface area contributed by atoms with Crippen LogP contribution in [0, 0.1) is 5.82 Å². The Kier molecular flexibility index (Phi) is 5.73. The summed E-state index contributed by atoms with van der Waals surface area (Å²) in [4.78, 5) is 14.4. The third-order valence-corrected chi connectivity index (χ3v) is 5.06. The van der Waals surface area contributed by atoms with E-state index in [0.29, 0.717) is 37.6 Å². The number of anilines is 1. The largest absolute Gasteiger partial charge is 0.457 e. The maximum absolute atomic E-state index is 13.0. The van der Waals surface area contributed by atoms with Crippen molar-refractivity contribution in [2.75, 3.05) is 31.2 Å². The highest BCUT2D eigenvalue weighted by Crippen LogP contribution is 2.26. The van der Waals surface area contributed by atoms with Crippen molar-refractivity contribution in [3.8, 4) is 0 Å². The number of sulfonamides is 1. The fourth-order valence-electron chi connectivity index (χ4n) is 2.74. The highest BCUT2D eigenvalue weighted by Gasteiger charge is 2.22. The molecule has 1 saturated heterocycles. The number of morpholine rings is 1. The second-order valence-corrected chi connectivity index (χ2v) is 7.59. The maximum Gasteiger partial charge on any atom is 0.340 e. The number of rotatable bonds is 5. The second-order valence-electron chi connectivity index (χ2n) is 6.03. The quantitative estimate of drug-likeness (QED) is 0.775. The van der Waals surface area contributed by atoms with Crippen molar-refractivity contribution in [3.05, 3.63) is 59.4 Å². The summed E-state index contributed by atoms with van der Waals surface area (Å²) in [5.74, 6) is -1.08. The fourth-order valence-corrected chi connectivity index (χ4v) is 3.28. The molecule has 9 heteroatoms. The van der Waals surface area contributed by atoms with Gasteiger partial charge >= 0.3 is 5.97 Å². The summed E-state index contributed by atoms with van der Waals surface area (Å²) in [7, 11) is -3.97. The first-order chi connectivity index (χ1) is 12.8. The third-order valence-electron chi connectivity index (χ3n) is 4.15. The van der Waals surface area contributed by atoms with Crippen molar-refractivity contribution in [2.45, 2.75) is 11.5 Å². The maximum atomic E-state index is 13.0. The SMILES string of the molecule is NS(=O)(=O)c1ccc(N2CCOCC2)c(C(=O)OCc2ccc(F)cc2)c1. The first-order valence-electron chi connectivity index (χ1n) is 8.26. The van der Waals surface area contributed by atoms with Gasteiger partial charge < -0.3 is 14.4 Å². The molecule has 0 aliphatic carbocycles. The molecule has 0 radical (unpaired) electrons. The number of primary sulfonamides is 1. The zero-order valence-corrected chi connectivity index (χ0v) is 15.2. The number of carbonyl (C=O) groups excluding carboxylic acids is 1. The van der Waals surface area contributed by atoms with Gasteiger partial charge in [-0.2, -0.15) is 0 Å². The van der Waals surface area contributed by atoms with Crippen molar-refractivity contribution >= 4 is 21.7 Å². The van der Waals surface area contributed by atoms with E-state index in [9.17, 15) is 17.6 Å². The molecular formula is C18H19FN2O5S. The minimum Gasteiger partial charge on any atom is -0.457 e. The van der Waals surface area contributed by atoms with Crippen LogP contribution in [0.2, 0.25) is 0 Å². The fraction of sp³-hybridized carbons (Fsp3) is 0.278. The van der Waals surface area contributed by atoms with Crippen LogP contribution >= 0.6 is 0 Å². The van der Waals surface area contributed by atoms with Crippen LogP contribution in [0.5, 0.6) is 0 Å². The smallest absolute Gasteiger partial charge is 0.340 e. The zero-order valence-electron chi connectivity index (χ0n) is 14.4. The van der Waals surface area contributed by atoms with Gasteiger partial charge in [0.1, 0.15) is 12.4 Å². The Bertz CT molecular complexity index is 925. The molecule has 144 valence electrons. The lowest BCUT2D eigenvalue weighted by atomic mass is 10.1. The summed E-state index contributed by atoms with van der Waals surface area (Å²) in [5, 5.41) is 5.18. The number of benzene rings is 2. The second kappa shape index (κ2) is 8.03. The standard InChI is InChI=1S/C18H19FN2O5S/c19-14-3-1-13(2-4-14)12-26-18(22)16-11-15(27(20,23)24)5-6-17(16)21-7-9-25-10-8-21/h1-6,11H,7-10,12H2,(H2,20,23,24). The van der Waals surface area contributed by atoms with Crippen LogP contribution in [0.3, 0.4) is 0 Å². The number of hydrogen-bond acceptors (Lipinski definition) is 6. The normalized spacial score (nSPS) is 14.8. The van der Waals surface area contributed by atoms with E-state index in [4.69, 9.17) is 14.6 Å². The van der Waals surface area contributed by atoms with E-state index < -0.39 is 16.0 Å². The molecule has 0 bridgehead atoms. The number of hydrogen-bond donors (Lipinski definition) is 1. The Balaban J connectivity index is 1.87. The number of nitrogens with two attached hydrogens (primary N) is 1. The van der Waals surface area contributed by atoms with E-state index in [1.807, 2.05) is 4.90 Å². The molecule has 27 heavy (non-hydrogen) atoms. The van der Waals surface area contributed by atoms with Crippen LogP contribution < -0.4 is 10.0 Å². The van der Waals surface area contributed by atoms with E-state index in [2.05, 4.69) is 0 Å². The van der Waals surface area contributed by atoms with Crippen molar-refractivity contribution in [1.82, 2.24) is 0 Å². The Morgan fingerprint density at radius 3 is 2.44 bits per heavy atom. The van der Waals surface area contributed by atoms with Crippen LogP contribution in [0.4, 0.5) is 10.1 Å². The van der Waals surface area contributed by atoms with Gasteiger partial charge in [-0.05, 0) is 35.9 Å². The summed E-state index contributed by atoms with van der Waals surface area (Å²) in [6, 6.07) is 9.66. The molecule has 0 saturated carbocycles. The summed E-state index contributed by atoms with van der Waals surface area (Å²) >= 11 is 0. The zero-order chi connectivity index (χ0) is 19.4. The van der Waals surface area contributed by atoms with Gasteiger partial charge in [0.25, 0.3) is 0 Å². The van der Waals surface area contributed by atoms with Crippen molar-refractivity contribution in [3.63, 3.8) is 0 Å². The van der Waals surface area contributed by atoms with E-state index >= 15 is 0 Å². The van der Waals surface area contributed by atoms with Crippen molar-refractivity contribution < 1.29 is 27.1 Å². The highest BCUT2D eigenvalue weighted by atomic mass is 32.2. The molecule has 7 nitrogen and oxygen atoms in total. The number of halogens is 1. The van der Waals surface area contributed by atoms with E-state index in [1.165, 1.54) is 36.4 Å². The Morgan fingerprint density at radius 1 is 1.15 bits per heavy atom. The first-order valence-corrected chi connectivity index (χ1v) is 9.80. The molecule has 0 amide bonds. The summed E-state index contributed by atoms with van der Waals surface area (Å²) in [6.45, 7) is 2.06. The molecule has 2 N–H and O–H groups in total. The molecule has 1 fully saturated rings. The molecule has 3 rings (SSSR count). The summed E-state index contributed by atoms with van der Waals surface area (Å²) in [6.07, 6.45) is 0. The lowest BCUT2D eigenvalue weighted by molar-refractivity contribution is 0.0472. The van der Waals surface area contributed by atoms with Gasteiger partial charge in [-0.25, -0.2) is 22.7 Å². The molecule has 0 aromatic heterocycles. The topological polar surface area (TPSA) is 98.9 Å².